The van der Waals surface area contributed by atoms with Gasteiger partial charge in [0.05, 0.1) is 16.9 Å². The number of aromatic nitrogens is 1. The van der Waals surface area contributed by atoms with Gasteiger partial charge in [-0.25, -0.2) is 18.6 Å². The number of hydrogen-bond acceptors (Lipinski definition) is 5. The van der Waals surface area contributed by atoms with Gasteiger partial charge in [-0.3, -0.25) is 10.2 Å². The van der Waals surface area contributed by atoms with Gasteiger partial charge >= 0.3 is 6.09 Å². The van der Waals surface area contributed by atoms with Crippen LogP contribution in [-0.2, 0) is 25.9 Å². The number of nitrogens with zero attached hydrogens (tertiary/aromatic N) is 1. The van der Waals surface area contributed by atoms with Gasteiger partial charge in [0.15, 0.2) is 0 Å². The van der Waals surface area contributed by atoms with Gasteiger partial charge in [0, 0.05) is 22.1 Å². The number of amides is 2. The number of halogens is 1. The summed E-state index contributed by atoms with van der Waals surface area (Å²) in [5.41, 5.74) is 4.81. The van der Waals surface area contributed by atoms with Crippen LogP contribution in [0.5, 0.6) is 0 Å². The average Bonchev–Trinajstić information content (AvgIpc) is 3.06. The van der Waals surface area contributed by atoms with Crippen molar-refractivity contribution in [2.24, 2.45) is 0 Å². The second-order valence-electron chi connectivity index (χ2n) is 5.76. The molecule has 3 rings (SSSR count). The Kier molecular flexibility index (Phi) is 5.57. The lowest BCUT2D eigenvalue weighted by Gasteiger charge is -2.07. The summed E-state index contributed by atoms with van der Waals surface area (Å²) in [5, 5.41) is 0.905. The van der Waals surface area contributed by atoms with Gasteiger partial charge < -0.3 is 9.30 Å². The Hall–Kier alpha value is -3.04. The summed E-state index contributed by atoms with van der Waals surface area (Å²) in [7, 11) is -2.67. The molecule has 0 saturated carbocycles. The van der Waals surface area contributed by atoms with Crippen LogP contribution in [-0.4, -0.2) is 32.1 Å². The van der Waals surface area contributed by atoms with Crippen molar-refractivity contribution in [3.8, 4) is 0 Å². The number of rotatable bonds is 4. The van der Waals surface area contributed by atoms with E-state index >= 15 is 0 Å². The fraction of sp³-hybridized carbons (Fsp3) is 0.111. The molecule has 2 N–H and O–H groups in total. The molecule has 0 spiro atoms. The average molecular weight is 422 g/mol. The van der Waals surface area contributed by atoms with Crippen LogP contribution in [0.4, 0.5) is 4.79 Å². The van der Waals surface area contributed by atoms with Crippen molar-refractivity contribution in [2.75, 3.05) is 7.11 Å². The van der Waals surface area contributed by atoms with Crippen LogP contribution in [0.3, 0.4) is 0 Å². The Balaban J connectivity index is 1.98. The van der Waals surface area contributed by atoms with E-state index in [9.17, 15) is 18.0 Å². The van der Waals surface area contributed by atoms with Crippen LogP contribution in [0.2, 0.25) is 5.02 Å². The lowest BCUT2D eigenvalue weighted by atomic mass is 10.2. The van der Waals surface area contributed by atoms with E-state index in [0.29, 0.717) is 15.9 Å². The molecule has 1 aromatic heterocycles. The first-order chi connectivity index (χ1) is 13.3. The number of sulfone groups is 1. The standard InChI is InChI=1S/C18H16ClN3O5S/c1-27-18(24)21-20-17(23)11-22-10-16(14-4-2-3-5-15(14)22)28(25,26)13-8-6-12(19)7-9-13/h2-10H,11H2,1H3,(H,20,23)(H,21,24). The smallest absolute Gasteiger partial charge is 0.425 e. The van der Waals surface area contributed by atoms with E-state index in [1.54, 1.807) is 24.3 Å². The number of carbonyl (C=O) groups is 2. The van der Waals surface area contributed by atoms with Crippen LogP contribution in [0.25, 0.3) is 10.9 Å². The summed E-state index contributed by atoms with van der Waals surface area (Å²) in [4.78, 5) is 23.3. The van der Waals surface area contributed by atoms with Crippen LogP contribution < -0.4 is 10.9 Å². The highest BCUT2D eigenvalue weighted by Crippen LogP contribution is 2.30. The maximum atomic E-state index is 13.1. The summed E-state index contributed by atoms with van der Waals surface area (Å²) in [6, 6.07) is 12.7. The first-order valence-corrected chi connectivity index (χ1v) is 9.90. The first-order valence-electron chi connectivity index (χ1n) is 8.04. The molecule has 3 aromatic rings. The van der Waals surface area contributed by atoms with Crippen LogP contribution in [0, 0.1) is 0 Å². The third-order valence-corrected chi connectivity index (χ3v) is 6.02. The molecule has 0 bridgehead atoms. The van der Waals surface area contributed by atoms with E-state index < -0.39 is 21.8 Å². The lowest BCUT2D eigenvalue weighted by molar-refractivity contribution is -0.122. The normalized spacial score (nSPS) is 11.2. The highest BCUT2D eigenvalue weighted by atomic mass is 35.5. The van der Waals surface area contributed by atoms with Gasteiger partial charge in [-0.2, -0.15) is 0 Å². The number of hydrogen-bond donors (Lipinski definition) is 2. The highest BCUT2D eigenvalue weighted by molar-refractivity contribution is 7.91. The van der Waals surface area contributed by atoms with E-state index in [0.717, 1.165) is 7.11 Å². The highest BCUT2D eigenvalue weighted by Gasteiger charge is 2.24. The molecule has 0 saturated heterocycles. The Morgan fingerprint density at radius 2 is 1.75 bits per heavy atom. The summed E-state index contributed by atoms with van der Waals surface area (Å²) >= 11 is 5.84. The van der Waals surface area contributed by atoms with Crippen molar-refractivity contribution < 1.29 is 22.7 Å². The number of nitrogens with one attached hydrogen (secondary N) is 2. The summed E-state index contributed by atoms with van der Waals surface area (Å²) in [5.74, 6) is -0.554. The SMILES string of the molecule is COC(=O)NNC(=O)Cn1cc(S(=O)(=O)c2ccc(Cl)cc2)c2ccccc21. The van der Waals surface area contributed by atoms with Crippen molar-refractivity contribution in [3.05, 3.63) is 59.8 Å². The monoisotopic (exact) mass is 421 g/mol. The molecule has 8 nitrogen and oxygen atoms in total. The molecule has 10 heteroatoms. The molecule has 0 atom stereocenters. The van der Waals surface area contributed by atoms with Crippen molar-refractivity contribution in [1.82, 2.24) is 15.4 Å². The van der Waals surface area contributed by atoms with Crippen LogP contribution in [0.15, 0.2) is 64.5 Å². The molecule has 28 heavy (non-hydrogen) atoms. The number of methoxy groups -OCH3 is 1. The van der Waals surface area contributed by atoms with Crippen molar-refractivity contribution in [3.63, 3.8) is 0 Å². The van der Waals surface area contributed by atoms with Gasteiger partial charge in [-0.15, -0.1) is 0 Å². The third-order valence-electron chi connectivity index (χ3n) is 3.97. The molecule has 2 aromatic carbocycles. The number of benzene rings is 2. The van der Waals surface area contributed by atoms with E-state index in [1.165, 1.54) is 35.0 Å². The fourth-order valence-corrected chi connectivity index (χ4v) is 4.27. The Labute approximate surface area is 165 Å². The molecule has 146 valence electrons. The molecule has 0 aliphatic heterocycles. The molecule has 2 amide bonds. The molecule has 1 heterocycles. The number of fused-ring (bicyclic) bond motifs is 1. The second-order valence-corrected chi connectivity index (χ2v) is 8.12. The lowest BCUT2D eigenvalue weighted by Crippen LogP contribution is -2.43. The zero-order chi connectivity index (χ0) is 20.3. The van der Waals surface area contributed by atoms with Gasteiger partial charge in [-0.1, -0.05) is 29.8 Å². The molecule has 0 radical (unpaired) electrons. The quantitative estimate of drug-likeness (QED) is 0.629. The summed E-state index contributed by atoms with van der Waals surface area (Å²) < 4.78 is 32.0. The molecule has 0 unspecified atom stereocenters. The predicted molar refractivity (Wildman–Crippen MR) is 103 cm³/mol. The molecule has 0 fully saturated rings. The van der Waals surface area contributed by atoms with Crippen LogP contribution >= 0.6 is 11.6 Å². The zero-order valence-corrected chi connectivity index (χ0v) is 16.3. The Morgan fingerprint density at radius 1 is 1.07 bits per heavy atom. The van der Waals surface area contributed by atoms with Gasteiger partial charge in [0.2, 0.25) is 9.84 Å². The zero-order valence-electron chi connectivity index (χ0n) is 14.7. The Morgan fingerprint density at radius 3 is 2.43 bits per heavy atom. The number of carbonyl (C=O) groups excluding carboxylic acids is 2. The van der Waals surface area contributed by atoms with Gasteiger partial charge in [0.1, 0.15) is 6.54 Å². The molecular weight excluding hydrogens is 406 g/mol. The van der Waals surface area contributed by atoms with Gasteiger partial charge in [-0.05, 0) is 30.3 Å². The minimum atomic E-state index is -3.83. The number of hydrazine groups is 1. The van der Waals surface area contributed by atoms with E-state index in [1.807, 2.05) is 0 Å². The third kappa shape index (κ3) is 3.95. The van der Waals surface area contributed by atoms with E-state index in [2.05, 4.69) is 15.6 Å². The predicted octanol–water partition coefficient (Wildman–Crippen LogP) is 2.51. The fourth-order valence-electron chi connectivity index (χ4n) is 2.66. The van der Waals surface area contributed by atoms with Crippen LogP contribution in [0.1, 0.15) is 0 Å². The molecule has 0 aliphatic carbocycles. The summed E-state index contributed by atoms with van der Waals surface area (Å²) in [6.45, 7) is -0.208. The first kappa shape index (κ1) is 19.7. The maximum Gasteiger partial charge on any atom is 0.425 e. The van der Waals surface area contributed by atoms with E-state index in [-0.39, 0.29) is 16.3 Å². The Bertz CT molecular complexity index is 1140. The van der Waals surface area contributed by atoms with Crippen molar-refractivity contribution in [1.29, 1.82) is 0 Å². The number of ether oxygens (including phenoxy) is 1. The topological polar surface area (TPSA) is 106 Å². The van der Waals surface area contributed by atoms with Crippen molar-refractivity contribution in [2.45, 2.75) is 16.3 Å². The maximum absolute atomic E-state index is 13.1. The number of para-hydroxylation sites is 1. The van der Waals surface area contributed by atoms with E-state index in [4.69, 9.17) is 11.6 Å². The minimum absolute atomic E-state index is 0.0687. The van der Waals surface area contributed by atoms with Gasteiger partial charge in [0.25, 0.3) is 5.91 Å². The molecular formula is C18H16ClN3O5S. The van der Waals surface area contributed by atoms with Crippen molar-refractivity contribution >= 4 is 44.3 Å². The summed E-state index contributed by atoms with van der Waals surface area (Å²) in [6.07, 6.45) is 0.573. The molecule has 0 aliphatic rings. The largest absolute Gasteiger partial charge is 0.452 e. The minimum Gasteiger partial charge on any atom is -0.452 e. The second kappa shape index (κ2) is 7.91.